The number of ether oxygens (including phenoxy) is 1. The van der Waals surface area contributed by atoms with Gasteiger partial charge in [0.05, 0.1) is 0 Å². The van der Waals surface area contributed by atoms with E-state index in [1.54, 1.807) is 7.05 Å². The van der Waals surface area contributed by atoms with Crippen molar-refractivity contribution in [2.75, 3.05) is 26.2 Å². The van der Waals surface area contributed by atoms with E-state index in [9.17, 15) is 9.59 Å². The van der Waals surface area contributed by atoms with Crippen LogP contribution in [0.3, 0.4) is 0 Å². The molecule has 27 heavy (non-hydrogen) atoms. The third-order valence-electron chi connectivity index (χ3n) is 5.10. The van der Waals surface area contributed by atoms with Crippen LogP contribution in [0.25, 0.3) is 22.6 Å². The van der Waals surface area contributed by atoms with Crippen molar-refractivity contribution in [1.82, 2.24) is 24.0 Å². The summed E-state index contributed by atoms with van der Waals surface area (Å²) in [4.78, 5) is 34.2. The molecule has 3 aromatic rings. The van der Waals surface area contributed by atoms with E-state index < -0.39 is 5.69 Å². The Balaban J connectivity index is 1.53. The number of likely N-dealkylation sites (tertiary alicyclic amines) is 1. The molecule has 0 spiro atoms. The Bertz CT molecular complexity index is 1070. The number of nitrogens with zero attached hydrogens (tertiary/aromatic N) is 4. The molecule has 0 saturated carbocycles. The van der Waals surface area contributed by atoms with E-state index in [-0.39, 0.29) is 5.56 Å². The minimum Gasteiger partial charge on any atom is -0.492 e. The predicted molar refractivity (Wildman–Crippen MR) is 103 cm³/mol. The van der Waals surface area contributed by atoms with E-state index in [0.29, 0.717) is 23.6 Å². The van der Waals surface area contributed by atoms with Gasteiger partial charge in [-0.1, -0.05) is 0 Å². The molecule has 1 N–H and O–H groups in total. The number of nitrogens with one attached hydrogen (secondary N) is 1. The van der Waals surface area contributed by atoms with Crippen LogP contribution in [-0.4, -0.2) is 50.2 Å². The van der Waals surface area contributed by atoms with Crippen molar-refractivity contribution in [2.45, 2.75) is 12.8 Å². The van der Waals surface area contributed by atoms with Crippen molar-refractivity contribution in [3.8, 4) is 17.1 Å². The summed E-state index contributed by atoms with van der Waals surface area (Å²) in [5.41, 5.74) is 0.721. The number of hydrogen-bond donors (Lipinski definition) is 1. The van der Waals surface area contributed by atoms with Gasteiger partial charge in [0.15, 0.2) is 5.65 Å². The minimum atomic E-state index is -0.396. The maximum Gasteiger partial charge on any atom is 0.332 e. The van der Waals surface area contributed by atoms with Crippen LogP contribution < -0.4 is 16.0 Å². The van der Waals surface area contributed by atoms with Crippen molar-refractivity contribution in [1.29, 1.82) is 0 Å². The summed E-state index contributed by atoms with van der Waals surface area (Å²) in [7, 11) is 3.06. The van der Waals surface area contributed by atoms with Gasteiger partial charge in [0.25, 0.3) is 5.56 Å². The summed E-state index contributed by atoms with van der Waals surface area (Å²) in [6.07, 6.45) is 2.56. The number of hydrogen-bond acceptors (Lipinski definition) is 5. The molecule has 2 aromatic heterocycles. The highest BCUT2D eigenvalue weighted by atomic mass is 16.5. The minimum absolute atomic E-state index is 0.320. The lowest BCUT2D eigenvalue weighted by Gasteiger charge is -2.14. The van der Waals surface area contributed by atoms with E-state index in [1.807, 2.05) is 24.3 Å². The maximum absolute atomic E-state index is 12.3. The van der Waals surface area contributed by atoms with Crippen LogP contribution in [0.2, 0.25) is 0 Å². The molecule has 1 aliphatic heterocycles. The molecule has 0 aliphatic carbocycles. The van der Waals surface area contributed by atoms with Gasteiger partial charge < -0.3 is 9.72 Å². The van der Waals surface area contributed by atoms with E-state index in [2.05, 4.69) is 14.9 Å². The van der Waals surface area contributed by atoms with E-state index in [4.69, 9.17) is 4.74 Å². The van der Waals surface area contributed by atoms with Crippen LogP contribution in [0, 0.1) is 0 Å². The van der Waals surface area contributed by atoms with E-state index >= 15 is 0 Å². The highest BCUT2D eigenvalue weighted by Crippen LogP contribution is 2.21. The van der Waals surface area contributed by atoms with E-state index in [0.717, 1.165) is 35.5 Å². The fourth-order valence-electron chi connectivity index (χ4n) is 3.47. The van der Waals surface area contributed by atoms with Crippen LogP contribution >= 0.6 is 0 Å². The molecular formula is C19H23N5O3. The zero-order valence-electron chi connectivity index (χ0n) is 15.6. The monoisotopic (exact) mass is 369 g/mol. The predicted octanol–water partition coefficient (Wildman–Crippen LogP) is 1.10. The van der Waals surface area contributed by atoms with Gasteiger partial charge in [-0.15, -0.1) is 0 Å². The number of rotatable bonds is 5. The molecule has 4 rings (SSSR count). The standard InChI is InChI=1S/C19H23N5O3/c1-22-17-15(18(25)23(2)19(22)26)20-16(21-17)13-5-7-14(8-6-13)27-12-11-24-9-3-4-10-24/h5-8H,3-4,9-12H2,1-2H3,(H,20,21). The number of aromatic nitrogens is 4. The lowest BCUT2D eigenvalue weighted by Crippen LogP contribution is -2.36. The topological polar surface area (TPSA) is 85.2 Å². The molecule has 0 unspecified atom stereocenters. The normalized spacial score (nSPS) is 14.9. The van der Waals surface area contributed by atoms with Crippen molar-refractivity contribution >= 4 is 11.2 Å². The zero-order valence-corrected chi connectivity index (χ0v) is 15.6. The van der Waals surface area contributed by atoms with Crippen molar-refractivity contribution in [2.24, 2.45) is 14.1 Å². The van der Waals surface area contributed by atoms with Crippen LogP contribution in [0.4, 0.5) is 0 Å². The average molecular weight is 369 g/mol. The van der Waals surface area contributed by atoms with Crippen molar-refractivity contribution in [3.05, 3.63) is 45.1 Å². The fourth-order valence-corrected chi connectivity index (χ4v) is 3.47. The highest BCUT2D eigenvalue weighted by Gasteiger charge is 2.14. The Morgan fingerprint density at radius 3 is 2.48 bits per heavy atom. The highest BCUT2D eigenvalue weighted by molar-refractivity contribution is 5.75. The van der Waals surface area contributed by atoms with Gasteiger partial charge >= 0.3 is 5.69 Å². The summed E-state index contributed by atoms with van der Waals surface area (Å²) >= 11 is 0. The summed E-state index contributed by atoms with van der Waals surface area (Å²) in [6.45, 7) is 3.94. The number of imidazole rings is 1. The van der Waals surface area contributed by atoms with Gasteiger partial charge in [-0.3, -0.25) is 18.8 Å². The number of benzene rings is 1. The second kappa shape index (κ2) is 7.03. The first kappa shape index (κ1) is 17.5. The molecule has 8 nitrogen and oxygen atoms in total. The quantitative estimate of drug-likeness (QED) is 0.728. The first-order chi connectivity index (χ1) is 13.0. The summed E-state index contributed by atoms with van der Waals surface area (Å²) in [6, 6.07) is 7.57. The largest absolute Gasteiger partial charge is 0.492 e. The van der Waals surface area contributed by atoms with Crippen LogP contribution in [0.15, 0.2) is 33.9 Å². The van der Waals surface area contributed by atoms with Crippen molar-refractivity contribution < 1.29 is 4.74 Å². The van der Waals surface area contributed by atoms with Crippen LogP contribution in [0.5, 0.6) is 5.75 Å². The van der Waals surface area contributed by atoms with Crippen molar-refractivity contribution in [3.63, 3.8) is 0 Å². The van der Waals surface area contributed by atoms with Gasteiger partial charge in [0.1, 0.15) is 23.7 Å². The lowest BCUT2D eigenvalue weighted by atomic mass is 10.2. The summed E-state index contributed by atoms with van der Waals surface area (Å²) in [5.74, 6) is 1.35. The molecule has 0 bridgehead atoms. The molecule has 0 radical (unpaired) electrons. The lowest BCUT2D eigenvalue weighted by molar-refractivity contribution is 0.238. The van der Waals surface area contributed by atoms with E-state index in [1.165, 1.54) is 24.5 Å². The van der Waals surface area contributed by atoms with Crippen LogP contribution in [-0.2, 0) is 14.1 Å². The Kier molecular flexibility index (Phi) is 4.57. The Morgan fingerprint density at radius 2 is 1.78 bits per heavy atom. The molecule has 8 heteroatoms. The smallest absolute Gasteiger partial charge is 0.332 e. The maximum atomic E-state index is 12.3. The van der Waals surface area contributed by atoms with Crippen LogP contribution in [0.1, 0.15) is 12.8 Å². The molecule has 0 atom stereocenters. The SMILES string of the molecule is Cn1c(=O)c2[nH]c(-c3ccc(OCCN4CCCC4)cc3)nc2n(C)c1=O. The second-order valence-corrected chi connectivity index (χ2v) is 6.91. The second-order valence-electron chi connectivity index (χ2n) is 6.91. The number of fused-ring (bicyclic) bond motifs is 1. The third-order valence-corrected chi connectivity index (χ3v) is 5.10. The third kappa shape index (κ3) is 3.28. The zero-order chi connectivity index (χ0) is 19.0. The number of aromatic amines is 1. The molecule has 1 fully saturated rings. The first-order valence-electron chi connectivity index (χ1n) is 9.16. The fraction of sp³-hybridized carbons (Fsp3) is 0.421. The van der Waals surface area contributed by atoms with Gasteiger partial charge in [-0.2, -0.15) is 0 Å². The Labute approximate surface area is 156 Å². The number of H-pyrrole nitrogens is 1. The first-order valence-corrected chi connectivity index (χ1v) is 9.16. The number of aryl methyl sites for hydroxylation is 1. The van der Waals surface area contributed by atoms with Gasteiger partial charge in [-0.05, 0) is 50.2 Å². The molecular weight excluding hydrogens is 346 g/mol. The summed E-state index contributed by atoms with van der Waals surface area (Å²) < 4.78 is 8.26. The molecule has 1 aromatic carbocycles. The Hall–Kier alpha value is -2.87. The van der Waals surface area contributed by atoms with Gasteiger partial charge in [-0.25, -0.2) is 9.78 Å². The molecule has 142 valence electrons. The molecule has 1 aliphatic rings. The average Bonchev–Trinajstić information content (AvgIpc) is 3.35. The van der Waals surface area contributed by atoms with Gasteiger partial charge in [0.2, 0.25) is 0 Å². The molecule has 1 saturated heterocycles. The Morgan fingerprint density at radius 1 is 1.07 bits per heavy atom. The van der Waals surface area contributed by atoms with Gasteiger partial charge in [0, 0.05) is 26.2 Å². The summed E-state index contributed by atoms with van der Waals surface area (Å²) in [5, 5.41) is 0. The molecule has 3 heterocycles. The molecule has 0 amide bonds.